The van der Waals surface area contributed by atoms with Gasteiger partial charge in [-0.25, -0.2) is 4.79 Å². The molecule has 0 N–H and O–H groups in total. The minimum Gasteiger partial charge on any atom is -0.462 e. The molecule has 0 saturated heterocycles. The van der Waals surface area contributed by atoms with E-state index in [1.165, 1.54) is 6.07 Å². The SMILES string of the molecule is CCOC(=O)c1ccc(C)c(P(=O)(OCC)OCC)c1. The fourth-order valence-corrected chi connectivity index (χ4v) is 3.60. The Balaban J connectivity index is 3.24. The van der Waals surface area contributed by atoms with Gasteiger partial charge in [0.15, 0.2) is 0 Å². The van der Waals surface area contributed by atoms with Crippen molar-refractivity contribution < 1.29 is 23.1 Å². The second-order valence-electron chi connectivity index (χ2n) is 4.05. The zero-order valence-corrected chi connectivity index (χ0v) is 13.2. The average molecular weight is 300 g/mol. The minimum atomic E-state index is -3.40. The highest BCUT2D eigenvalue weighted by Gasteiger charge is 2.29. The van der Waals surface area contributed by atoms with E-state index in [1.54, 1.807) is 39.8 Å². The van der Waals surface area contributed by atoms with Crippen LogP contribution < -0.4 is 5.30 Å². The van der Waals surface area contributed by atoms with Crippen molar-refractivity contribution in [3.05, 3.63) is 29.3 Å². The molecule has 1 aromatic carbocycles. The van der Waals surface area contributed by atoms with Crippen molar-refractivity contribution in [1.29, 1.82) is 0 Å². The van der Waals surface area contributed by atoms with E-state index in [4.69, 9.17) is 13.8 Å². The maximum Gasteiger partial charge on any atom is 0.361 e. The molecule has 0 atom stereocenters. The maximum atomic E-state index is 12.8. The molecule has 0 aliphatic heterocycles. The van der Waals surface area contributed by atoms with E-state index in [-0.39, 0.29) is 19.8 Å². The molecule has 0 amide bonds. The number of carbonyl (C=O) groups excluding carboxylic acids is 1. The molecule has 5 nitrogen and oxygen atoms in total. The van der Waals surface area contributed by atoms with E-state index >= 15 is 0 Å². The van der Waals surface area contributed by atoms with Crippen molar-refractivity contribution >= 4 is 18.9 Å². The summed E-state index contributed by atoms with van der Waals surface area (Å²) >= 11 is 0. The third-order valence-corrected chi connectivity index (χ3v) is 4.88. The van der Waals surface area contributed by atoms with Gasteiger partial charge < -0.3 is 13.8 Å². The van der Waals surface area contributed by atoms with Gasteiger partial charge in [-0.05, 0) is 45.4 Å². The first-order chi connectivity index (χ1) is 9.48. The molecule has 1 rings (SSSR count). The van der Waals surface area contributed by atoms with Gasteiger partial charge >= 0.3 is 13.6 Å². The van der Waals surface area contributed by atoms with Gasteiger partial charge in [-0.3, -0.25) is 4.57 Å². The van der Waals surface area contributed by atoms with Crippen LogP contribution in [-0.2, 0) is 18.3 Å². The van der Waals surface area contributed by atoms with E-state index in [0.717, 1.165) is 5.56 Å². The van der Waals surface area contributed by atoms with Crippen LogP contribution in [0.3, 0.4) is 0 Å². The maximum absolute atomic E-state index is 12.8. The van der Waals surface area contributed by atoms with Gasteiger partial charge in [0.05, 0.1) is 30.7 Å². The zero-order chi connectivity index (χ0) is 15.2. The molecule has 0 bridgehead atoms. The van der Waals surface area contributed by atoms with Crippen LogP contribution in [0.1, 0.15) is 36.7 Å². The fraction of sp³-hybridized carbons (Fsp3) is 0.500. The monoisotopic (exact) mass is 300 g/mol. The summed E-state index contributed by atoms with van der Waals surface area (Å²) in [6.07, 6.45) is 0. The number of ether oxygens (including phenoxy) is 1. The molecule has 112 valence electrons. The number of rotatable bonds is 7. The summed E-state index contributed by atoms with van der Waals surface area (Å²) in [5.41, 5.74) is 1.09. The standard InChI is InChI=1S/C14H21O5P/c1-5-17-14(15)12-9-8-11(4)13(10-12)20(16,18-6-2)19-7-3/h8-10H,5-7H2,1-4H3. The van der Waals surface area contributed by atoms with E-state index in [9.17, 15) is 9.36 Å². The van der Waals surface area contributed by atoms with Crippen LogP contribution in [0.25, 0.3) is 0 Å². The molecule has 1 aromatic rings. The van der Waals surface area contributed by atoms with Crippen molar-refractivity contribution in [1.82, 2.24) is 0 Å². The van der Waals surface area contributed by atoms with Crippen LogP contribution in [0.2, 0.25) is 0 Å². The first kappa shape index (κ1) is 16.9. The van der Waals surface area contributed by atoms with E-state index in [2.05, 4.69) is 0 Å². The zero-order valence-electron chi connectivity index (χ0n) is 12.3. The molecule has 0 aromatic heterocycles. The van der Waals surface area contributed by atoms with Crippen LogP contribution in [-0.4, -0.2) is 25.8 Å². The number of esters is 1. The van der Waals surface area contributed by atoms with Crippen molar-refractivity contribution in [2.24, 2.45) is 0 Å². The minimum absolute atomic E-state index is 0.264. The van der Waals surface area contributed by atoms with Gasteiger partial charge in [0, 0.05) is 0 Å². The molecule has 0 saturated carbocycles. The average Bonchev–Trinajstić information content (AvgIpc) is 2.39. The van der Waals surface area contributed by atoms with Gasteiger partial charge in [0.2, 0.25) is 0 Å². The molecule has 0 unspecified atom stereocenters. The van der Waals surface area contributed by atoms with Crippen LogP contribution in [0.15, 0.2) is 18.2 Å². The number of hydrogen-bond acceptors (Lipinski definition) is 5. The molecular weight excluding hydrogens is 279 g/mol. The Morgan fingerprint density at radius 2 is 1.70 bits per heavy atom. The summed E-state index contributed by atoms with van der Waals surface area (Å²) in [4.78, 5) is 11.8. The predicted molar refractivity (Wildman–Crippen MR) is 77.6 cm³/mol. The van der Waals surface area contributed by atoms with E-state index in [0.29, 0.717) is 10.9 Å². The van der Waals surface area contributed by atoms with Gasteiger partial charge in [0.25, 0.3) is 0 Å². The first-order valence-corrected chi connectivity index (χ1v) is 8.20. The predicted octanol–water partition coefficient (Wildman–Crippen LogP) is 3.06. The Kier molecular flexibility index (Phi) is 6.40. The van der Waals surface area contributed by atoms with Crippen LogP contribution in [0, 0.1) is 6.92 Å². The lowest BCUT2D eigenvalue weighted by Crippen LogP contribution is -2.16. The lowest BCUT2D eigenvalue weighted by molar-refractivity contribution is 0.0526. The molecule has 0 fully saturated rings. The molecule has 0 aliphatic carbocycles. The largest absolute Gasteiger partial charge is 0.462 e. The molecule has 0 radical (unpaired) electrons. The summed E-state index contributed by atoms with van der Waals surface area (Å²) in [6.45, 7) is 7.84. The molecule has 6 heteroatoms. The number of carbonyl (C=O) groups is 1. The van der Waals surface area contributed by atoms with Gasteiger partial charge in [-0.1, -0.05) is 6.07 Å². The summed E-state index contributed by atoms with van der Waals surface area (Å²) in [5.74, 6) is -0.451. The number of aryl methyl sites for hydroxylation is 1. The Morgan fingerprint density at radius 1 is 1.10 bits per heavy atom. The van der Waals surface area contributed by atoms with Gasteiger partial charge in [-0.15, -0.1) is 0 Å². The Hall–Kier alpha value is -1.16. The lowest BCUT2D eigenvalue weighted by atomic mass is 10.1. The Morgan fingerprint density at radius 3 is 2.20 bits per heavy atom. The third-order valence-electron chi connectivity index (χ3n) is 2.61. The summed E-state index contributed by atoms with van der Waals surface area (Å²) in [7, 11) is -3.40. The van der Waals surface area contributed by atoms with Crippen LogP contribution in [0.5, 0.6) is 0 Å². The van der Waals surface area contributed by atoms with Gasteiger partial charge in [0.1, 0.15) is 0 Å². The molecule has 0 aliphatic rings. The van der Waals surface area contributed by atoms with E-state index < -0.39 is 13.6 Å². The summed E-state index contributed by atoms with van der Waals surface area (Å²) < 4.78 is 28.3. The van der Waals surface area contributed by atoms with Crippen LogP contribution in [0.4, 0.5) is 0 Å². The van der Waals surface area contributed by atoms with E-state index in [1.807, 2.05) is 0 Å². The lowest BCUT2D eigenvalue weighted by Gasteiger charge is -2.19. The smallest absolute Gasteiger partial charge is 0.361 e. The van der Waals surface area contributed by atoms with Crippen molar-refractivity contribution in [2.75, 3.05) is 19.8 Å². The highest BCUT2D eigenvalue weighted by molar-refractivity contribution is 7.62. The quantitative estimate of drug-likeness (QED) is 0.572. The fourth-order valence-electron chi connectivity index (χ4n) is 1.76. The van der Waals surface area contributed by atoms with Gasteiger partial charge in [-0.2, -0.15) is 0 Å². The van der Waals surface area contributed by atoms with Crippen molar-refractivity contribution in [3.63, 3.8) is 0 Å². The van der Waals surface area contributed by atoms with Crippen LogP contribution >= 0.6 is 7.60 Å². The normalized spacial score (nSPS) is 11.4. The summed E-state index contributed by atoms with van der Waals surface area (Å²) in [6, 6.07) is 4.88. The highest BCUT2D eigenvalue weighted by atomic mass is 31.2. The third kappa shape index (κ3) is 3.92. The molecule has 0 spiro atoms. The molecule has 20 heavy (non-hydrogen) atoms. The van der Waals surface area contributed by atoms with Crippen molar-refractivity contribution in [2.45, 2.75) is 27.7 Å². The second kappa shape index (κ2) is 7.58. The number of hydrogen-bond donors (Lipinski definition) is 0. The van der Waals surface area contributed by atoms with Crippen molar-refractivity contribution in [3.8, 4) is 0 Å². The topological polar surface area (TPSA) is 61.8 Å². The molecular formula is C14H21O5P. The summed E-state index contributed by atoms with van der Waals surface area (Å²) in [5, 5.41) is 0.409. The molecule has 0 heterocycles. The Bertz CT molecular complexity index is 502. The first-order valence-electron chi connectivity index (χ1n) is 6.65. The Labute approximate surface area is 119 Å². The highest BCUT2D eigenvalue weighted by Crippen LogP contribution is 2.47. The number of benzene rings is 1. The second-order valence-corrected chi connectivity index (χ2v) is 6.05.